The molecule has 1 saturated carbocycles. The van der Waals surface area contributed by atoms with Gasteiger partial charge in [0.05, 0.1) is 13.2 Å². The highest BCUT2D eigenvalue weighted by Crippen LogP contribution is 2.32. The van der Waals surface area contributed by atoms with Gasteiger partial charge >= 0.3 is 5.97 Å². The van der Waals surface area contributed by atoms with Crippen molar-refractivity contribution in [2.75, 3.05) is 14.2 Å². The molecule has 13 heavy (non-hydrogen) atoms. The normalized spacial score (nSPS) is 29.2. The quantitative estimate of drug-likeness (QED) is 0.643. The fraction of sp³-hybridized carbons (Fsp3) is 0.889. The molecule has 76 valence electrons. The van der Waals surface area contributed by atoms with E-state index in [4.69, 9.17) is 10.5 Å². The van der Waals surface area contributed by atoms with Gasteiger partial charge in [-0.2, -0.15) is 0 Å². The fourth-order valence-electron chi connectivity index (χ4n) is 1.67. The SMILES string of the molecule is COC(=O)C(N)CC1CC(OC)C1. The predicted octanol–water partition coefficient (Wildman–Crippen LogP) is 0.302. The molecule has 4 heteroatoms. The molecule has 0 bridgehead atoms. The predicted molar refractivity (Wildman–Crippen MR) is 48.1 cm³/mol. The molecule has 1 rings (SSSR count). The molecule has 0 saturated heterocycles. The number of hydrogen-bond acceptors (Lipinski definition) is 4. The number of rotatable bonds is 4. The van der Waals surface area contributed by atoms with E-state index >= 15 is 0 Å². The van der Waals surface area contributed by atoms with E-state index in [2.05, 4.69) is 4.74 Å². The van der Waals surface area contributed by atoms with Gasteiger partial charge in [0.15, 0.2) is 0 Å². The van der Waals surface area contributed by atoms with Crippen molar-refractivity contribution in [3.8, 4) is 0 Å². The van der Waals surface area contributed by atoms with Crippen LogP contribution in [0.3, 0.4) is 0 Å². The largest absolute Gasteiger partial charge is 0.468 e. The lowest BCUT2D eigenvalue weighted by molar-refractivity contribution is -0.143. The van der Waals surface area contributed by atoms with Crippen molar-refractivity contribution in [3.05, 3.63) is 0 Å². The van der Waals surface area contributed by atoms with Crippen LogP contribution in [0.2, 0.25) is 0 Å². The molecule has 0 aliphatic heterocycles. The first-order valence-corrected chi connectivity index (χ1v) is 4.53. The van der Waals surface area contributed by atoms with Crippen LogP contribution in [-0.4, -0.2) is 32.3 Å². The number of hydrogen-bond donors (Lipinski definition) is 1. The molecule has 4 nitrogen and oxygen atoms in total. The van der Waals surface area contributed by atoms with Crippen molar-refractivity contribution < 1.29 is 14.3 Å². The minimum absolute atomic E-state index is 0.319. The first kappa shape index (κ1) is 10.5. The maximum Gasteiger partial charge on any atom is 0.322 e. The summed E-state index contributed by atoms with van der Waals surface area (Å²) in [5.74, 6) is 0.208. The molecule has 0 amide bonds. The van der Waals surface area contributed by atoms with Crippen LogP contribution in [0.25, 0.3) is 0 Å². The van der Waals surface area contributed by atoms with Crippen molar-refractivity contribution in [3.63, 3.8) is 0 Å². The van der Waals surface area contributed by atoms with Crippen LogP contribution in [0.1, 0.15) is 19.3 Å². The maximum absolute atomic E-state index is 11.0. The molecular weight excluding hydrogens is 170 g/mol. The number of carbonyl (C=O) groups excluding carboxylic acids is 1. The molecule has 1 aliphatic carbocycles. The van der Waals surface area contributed by atoms with Crippen LogP contribution in [0, 0.1) is 5.92 Å². The third-order valence-electron chi connectivity index (χ3n) is 2.62. The first-order valence-electron chi connectivity index (χ1n) is 4.53. The van der Waals surface area contributed by atoms with Crippen LogP contribution in [-0.2, 0) is 14.3 Å². The molecule has 0 aromatic carbocycles. The standard InChI is InChI=1S/C9H17NO3/c1-12-7-3-6(4-7)5-8(10)9(11)13-2/h6-8H,3-5,10H2,1-2H3. The van der Waals surface area contributed by atoms with Crippen molar-refractivity contribution in [1.29, 1.82) is 0 Å². The van der Waals surface area contributed by atoms with Gasteiger partial charge in [-0.25, -0.2) is 0 Å². The molecule has 0 aromatic rings. The minimum Gasteiger partial charge on any atom is -0.468 e. The zero-order valence-corrected chi connectivity index (χ0v) is 8.16. The van der Waals surface area contributed by atoms with Crippen LogP contribution in [0.4, 0.5) is 0 Å². The third kappa shape index (κ3) is 2.67. The maximum atomic E-state index is 11.0. The van der Waals surface area contributed by atoms with Gasteiger partial charge in [-0.1, -0.05) is 0 Å². The molecule has 1 unspecified atom stereocenters. The summed E-state index contributed by atoms with van der Waals surface area (Å²) in [7, 11) is 3.07. The molecule has 0 heterocycles. The average Bonchev–Trinajstić information content (AvgIpc) is 2.08. The van der Waals surface area contributed by atoms with Crippen molar-refractivity contribution in [1.82, 2.24) is 0 Å². The summed E-state index contributed by atoms with van der Waals surface area (Å²) in [4.78, 5) is 11.0. The Labute approximate surface area is 78.4 Å². The fourth-order valence-corrected chi connectivity index (χ4v) is 1.67. The highest BCUT2D eigenvalue weighted by atomic mass is 16.5. The highest BCUT2D eigenvalue weighted by molar-refractivity contribution is 5.75. The van der Waals surface area contributed by atoms with Crippen molar-refractivity contribution in [2.45, 2.75) is 31.4 Å². The van der Waals surface area contributed by atoms with E-state index in [1.807, 2.05) is 0 Å². The number of nitrogens with two attached hydrogens (primary N) is 1. The Morgan fingerprint density at radius 1 is 1.54 bits per heavy atom. The van der Waals surface area contributed by atoms with Gasteiger partial charge in [0.25, 0.3) is 0 Å². The summed E-state index contributed by atoms with van der Waals surface area (Å²) in [5.41, 5.74) is 5.61. The van der Waals surface area contributed by atoms with Crippen LogP contribution < -0.4 is 5.73 Å². The van der Waals surface area contributed by atoms with Gasteiger partial charge in [-0.15, -0.1) is 0 Å². The van der Waals surface area contributed by atoms with Crippen molar-refractivity contribution >= 4 is 5.97 Å². The van der Waals surface area contributed by atoms with Crippen LogP contribution in [0.15, 0.2) is 0 Å². The smallest absolute Gasteiger partial charge is 0.322 e. The summed E-state index contributed by atoms with van der Waals surface area (Å²) < 4.78 is 9.67. The average molecular weight is 187 g/mol. The van der Waals surface area contributed by atoms with Gasteiger partial charge in [0.1, 0.15) is 6.04 Å². The topological polar surface area (TPSA) is 61.5 Å². The second-order valence-corrected chi connectivity index (χ2v) is 3.56. The zero-order valence-electron chi connectivity index (χ0n) is 8.16. The number of carbonyl (C=O) groups is 1. The summed E-state index contributed by atoms with van der Waals surface area (Å²) in [6.45, 7) is 0. The van der Waals surface area contributed by atoms with Crippen LogP contribution in [0.5, 0.6) is 0 Å². The molecule has 0 aromatic heterocycles. The summed E-state index contributed by atoms with van der Waals surface area (Å²) in [5, 5.41) is 0. The number of methoxy groups -OCH3 is 2. The molecule has 1 fully saturated rings. The summed E-state index contributed by atoms with van der Waals surface area (Å²) >= 11 is 0. The Balaban J connectivity index is 2.16. The molecule has 2 N–H and O–H groups in total. The van der Waals surface area contributed by atoms with Gasteiger partial charge in [0, 0.05) is 7.11 Å². The number of esters is 1. The Kier molecular flexibility index (Phi) is 3.69. The molecular formula is C9H17NO3. The van der Waals surface area contributed by atoms with E-state index in [1.54, 1.807) is 7.11 Å². The Hall–Kier alpha value is -0.610. The molecule has 0 radical (unpaired) electrons. The molecule has 1 aliphatic rings. The monoisotopic (exact) mass is 187 g/mol. The Bertz CT molecular complexity index is 178. The Morgan fingerprint density at radius 3 is 2.62 bits per heavy atom. The second-order valence-electron chi connectivity index (χ2n) is 3.56. The lowest BCUT2D eigenvalue weighted by Gasteiger charge is -2.35. The summed E-state index contributed by atoms with van der Waals surface area (Å²) in [6, 6.07) is -0.465. The van der Waals surface area contributed by atoms with Gasteiger partial charge in [0.2, 0.25) is 0 Å². The van der Waals surface area contributed by atoms with Gasteiger partial charge < -0.3 is 15.2 Å². The van der Waals surface area contributed by atoms with E-state index in [0.717, 1.165) is 12.8 Å². The van der Waals surface area contributed by atoms with E-state index in [-0.39, 0.29) is 5.97 Å². The third-order valence-corrected chi connectivity index (χ3v) is 2.62. The van der Waals surface area contributed by atoms with Crippen molar-refractivity contribution in [2.24, 2.45) is 11.7 Å². The lowest BCUT2D eigenvalue weighted by atomic mass is 9.78. The van der Waals surface area contributed by atoms with E-state index in [9.17, 15) is 4.79 Å². The lowest BCUT2D eigenvalue weighted by Crippen LogP contribution is -2.39. The first-order chi connectivity index (χ1) is 6.17. The Morgan fingerprint density at radius 2 is 2.15 bits per heavy atom. The number of ether oxygens (including phenoxy) is 2. The summed E-state index contributed by atoms with van der Waals surface area (Å²) in [6.07, 6.45) is 3.12. The van der Waals surface area contributed by atoms with Gasteiger partial charge in [-0.3, -0.25) is 4.79 Å². The van der Waals surface area contributed by atoms with E-state index in [0.29, 0.717) is 18.4 Å². The van der Waals surface area contributed by atoms with Crippen LogP contribution >= 0.6 is 0 Å². The zero-order chi connectivity index (χ0) is 9.84. The van der Waals surface area contributed by atoms with E-state index < -0.39 is 6.04 Å². The second kappa shape index (κ2) is 4.58. The molecule has 1 atom stereocenters. The highest BCUT2D eigenvalue weighted by Gasteiger charge is 2.31. The van der Waals surface area contributed by atoms with E-state index in [1.165, 1.54) is 7.11 Å². The minimum atomic E-state index is -0.465. The van der Waals surface area contributed by atoms with Gasteiger partial charge in [-0.05, 0) is 25.2 Å². The molecule has 0 spiro atoms.